The zero-order valence-electron chi connectivity index (χ0n) is 15.7. The van der Waals surface area contributed by atoms with E-state index in [1.165, 1.54) is 4.90 Å². The molecule has 1 aliphatic carbocycles. The maximum atomic E-state index is 13.5. The molecule has 152 valence electrons. The van der Waals surface area contributed by atoms with Crippen molar-refractivity contribution in [1.82, 2.24) is 9.47 Å². The number of phenols is 1. The Morgan fingerprint density at radius 2 is 2.03 bits per heavy atom. The monoisotopic (exact) mass is 465 g/mol. The Morgan fingerprint density at radius 3 is 2.62 bits per heavy atom. The number of halogens is 4. The van der Waals surface area contributed by atoms with Crippen molar-refractivity contribution in [2.24, 2.45) is 0 Å². The molecule has 1 aromatic heterocycles. The van der Waals surface area contributed by atoms with E-state index in [4.69, 9.17) is 0 Å². The molecule has 4 nitrogen and oxygen atoms in total. The summed E-state index contributed by atoms with van der Waals surface area (Å²) in [6, 6.07) is 3.85. The molecule has 1 atom stereocenters. The van der Waals surface area contributed by atoms with E-state index in [9.17, 15) is 23.5 Å². The van der Waals surface area contributed by atoms with Crippen molar-refractivity contribution < 1.29 is 18.3 Å². The third-order valence-electron chi connectivity index (χ3n) is 5.81. The summed E-state index contributed by atoms with van der Waals surface area (Å²) in [5.41, 5.74) is 1.86. The fraction of sp³-hybridized carbons (Fsp3) is 0.381. The second-order valence-electron chi connectivity index (χ2n) is 7.46. The molecule has 1 saturated carbocycles. The fourth-order valence-electron chi connectivity index (χ4n) is 3.99. The number of hydrogen-bond acceptors (Lipinski definition) is 3. The molecular weight excluding hydrogens is 447 g/mol. The minimum Gasteiger partial charge on any atom is -0.507 e. The van der Waals surface area contributed by atoms with Gasteiger partial charge in [0.05, 0.1) is 26.9 Å². The van der Waals surface area contributed by atoms with E-state index >= 15 is 0 Å². The Morgan fingerprint density at radius 1 is 1.31 bits per heavy atom. The van der Waals surface area contributed by atoms with E-state index in [-0.39, 0.29) is 18.3 Å². The molecule has 0 bridgehead atoms. The molecule has 29 heavy (non-hydrogen) atoms. The highest BCUT2D eigenvalue weighted by Gasteiger charge is 2.42. The van der Waals surface area contributed by atoms with E-state index in [1.54, 1.807) is 30.4 Å². The number of nitriles is 1. The van der Waals surface area contributed by atoms with Crippen molar-refractivity contribution in [2.45, 2.75) is 44.4 Å². The first kappa shape index (κ1) is 19.9. The molecule has 4 rings (SSSR count). The van der Waals surface area contributed by atoms with Gasteiger partial charge >= 0.3 is 6.18 Å². The van der Waals surface area contributed by atoms with Crippen LogP contribution in [-0.2, 0) is 0 Å². The van der Waals surface area contributed by atoms with Gasteiger partial charge in [0.25, 0.3) is 0 Å². The standard InChI is InChI=1S/C21H19BrF3N3O/c1-12(21(23,24)25)27-8-3-2-7-17(27)20-15(11-26)14-9-16(22)19(29)10-18(14)28(20)13-5-4-6-13/h2-3,7,9-10,12-13,29H,4-6,8H2,1H3/t12-/m0/s1. The van der Waals surface area contributed by atoms with Gasteiger partial charge in [0, 0.05) is 24.0 Å². The highest BCUT2D eigenvalue weighted by Crippen LogP contribution is 2.45. The molecule has 1 fully saturated rings. The van der Waals surface area contributed by atoms with E-state index in [2.05, 4.69) is 22.0 Å². The van der Waals surface area contributed by atoms with Crippen LogP contribution in [0.2, 0.25) is 0 Å². The van der Waals surface area contributed by atoms with Crippen LogP contribution in [0.1, 0.15) is 43.5 Å². The maximum Gasteiger partial charge on any atom is 0.408 e. The SMILES string of the molecule is C[C@H](N1CC=CC=C1c1c(C#N)c2cc(Br)c(O)cc2n1C1CCC1)C(F)(F)F. The molecule has 2 aliphatic rings. The highest BCUT2D eigenvalue weighted by atomic mass is 79.9. The van der Waals surface area contributed by atoms with Gasteiger partial charge < -0.3 is 14.6 Å². The molecule has 0 saturated heterocycles. The molecular formula is C21H19BrF3N3O. The van der Waals surface area contributed by atoms with Gasteiger partial charge in [-0.25, -0.2) is 0 Å². The van der Waals surface area contributed by atoms with Gasteiger partial charge in [-0.1, -0.05) is 12.2 Å². The van der Waals surface area contributed by atoms with Crippen LogP contribution in [0, 0.1) is 11.3 Å². The zero-order valence-corrected chi connectivity index (χ0v) is 17.3. The average Bonchev–Trinajstić information content (AvgIpc) is 2.92. The molecule has 1 N–H and O–H groups in total. The quantitative estimate of drug-likeness (QED) is 0.616. The lowest BCUT2D eigenvalue weighted by atomic mass is 9.92. The van der Waals surface area contributed by atoms with Crippen LogP contribution < -0.4 is 0 Å². The lowest BCUT2D eigenvalue weighted by Gasteiger charge is -2.37. The first-order valence-corrected chi connectivity index (χ1v) is 10.2. The van der Waals surface area contributed by atoms with E-state index in [0.717, 1.165) is 26.2 Å². The molecule has 0 spiro atoms. The van der Waals surface area contributed by atoms with Crippen molar-refractivity contribution in [3.05, 3.63) is 46.1 Å². The van der Waals surface area contributed by atoms with Crippen LogP contribution in [0.15, 0.2) is 34.8 Å². The first-order valence-electron chi connectivity index (χ1n) is 9.41. The Balaban J connectivity index is 2.00. The summed E-state index contributed by atoms with van der Waals surface area (Å²) in [6.07, 6.45) is 3.45. The van der Waals surface area contributed by atoms with Crippen LogP contribution in [0.3, 0.4) is 0 Å². The van der Waals surface area contributed by atoms with Crippen molar-refractivity contribution in [3.63, 3.8) is 0 Å². The summed E-state index contributed by atoms with van der Waals surface area (Å²) in [4.78, 5) is 1.29. The number of phenolic OH excluding ortho intramolecular Hbond substituents is 1. The predicted octanol–water partition coefficient (Wildman–Crippen LogP) is 5.87. The third kappa shape index (κ3) is 3.21. The molecule has 1 aromatic carbocycles. The topological polar surface area (TPSA) is 52.2 Å². The van der Waals surface area contributed by atoms with Crippen molar-refractivity contribution in [3.8, 4) is 11.8 Å². The van der Waals surface area contributed by atoms with Gasteiger partial charge in [-0.05, 0) is 54.3 Å². The summed E-state index contributed by atoms with van der Waals surface area (Å²) in [7, 11) is 0. The van der Waals surface area contributed by atoms with Crippen molar-refractivity contribution in [1.29, 1.82) is 5.26 Å². The zero-order chi connectivity index (χ0) is 20.9. The molecule has 2 heterocycles. The number of benzene rings is 1. The largest absolute Gasteiger partial charge is 0.507 e. The highest BCUT2D eigenvalue weighted by molar-refractivity contribution is 9.10. The Hall–Kier alpha value is -2.40. The number of fused-ring (bicyclic) bond motifs is 1. The number of alkyl halides is 3. The number of hydrogen-bond donors (Lipinski definition) is 1. The summed E-state index contributed by atoms with van der Waals surface area (Å²) in [6.45, 7) is 1.25. The smallest absolute Gasteiger partial charge is 0.408 e. The second kappa shape index (κ2) is 7.13. The summed E-state index contributed by atoms with van der Waals surface area (Å²) < 4.78 is 43.0. The van der Waals surface area contributed by atoms with Gasteiger partial charge in [0.1, 0.15) is 17.9 Å². The van der Waals surface area contributed by atoms with E-state index in [1.807, 2.05) is 4.57 Å². The van der Waals surface area contributed by atoms with Crippen LogP contribution in [0.5, 0.6) is 5.75 Å². The van der Waals surface area contributed by atoms with Crippen LogP contribution in [0.25, 0.3) is 16.6 Å². The van der Waals surface area contributed by atoms with Crippen LogP contribution in [-0.4, -0.2) is 33.3 Å². The number of aromatic nitrogens is 1. The van der Waals surface area contributed by atoms with E-state index < -0.39 is 12.2 Å². The number of rotatable bonds is 3. The third-order valence-corrected chi connectivity index (χ3v) is 6.44. The van der Waals surface area contributed by atoms with Gasteiger partial charge in [-0.15, -0.1) is 0 Å². The van der Waals surface area contributed by atoms with Crippen molar-refractivity contribution >= 4 is 32.5 Å². The average molecular weight is 466 g/mol. The molecule has 0 amide bonds. The summed E-state index contributed by atoms with van der Waals surface area (Å²) >= 11 is 3.29. The lowest BCUT2D eigenvalue weighted by molar-refractivity contribution is -0.169. The molecule has 1 aliphatic heterocycles. The fourth-order valence-corrected chi connectivity index (χ4v) is 4.34. The summed E-state index contributed by atoms with van der Waals surface area (Å²) in [5, 5.41) is 20.8. The maximum absolute atomic E-state index is 13.5. The van der Waals surface area contributed by atoms with Crippen LogP contribution in [0.4, 0.5) is 13.2 Å². The number of nitrogens with zero attached hydrogens (tertiary/aromatic N) is 3. The molecule has 0 unspecified atom stereocenters. The van der Waals surface area contributed by atoms with Gasteiger partial charge in [0.15, 0.2) is 0 Å². The normalized spacial score (nSPS) is 18.5. The Labute approximate surface area is 174 Å². The van der Waals surface area contributed by atoms with Gasteiger partial charge in [-0.2, -0.15) is 18.4 Å². The predicted molar refractivity (Wildman–Crippen MR) is 108 cm³/mol. The minimum atomic E-state index is -4.40. The lowest BCUT2D eigenvalue weighted by Crippen LogP contribution is -2.43. The Bertz CT molecular complexity index is 1070. The number of allylic oxidation sites excluding steroid dienone is 2. The second-order valence-corrected chi connectivity index (χ2v) is 8.32. The van der Waals surface area contributed by atoms with E-state index in [0.29, 0.717) is 32.3 Å². The first-order chi connectivity index (χ1) is 13.7. The minimum absolute atomic E-state index is 0.0321. The molecule has 2 aromatic rings. The number of aromatic hydroxyl groups is 1. The summed E-state index contributed by atoms with van der Waals surface area (Å²) in [5.74, 6) is 0.0321. The molecule has 0 radical (unpaired) electrons. The van der Waals surface area contributed by atoms with Crippen LogP contribution >= 0.6 is 15.9 Å². The Kier molecular flexibility index (Phi) is 4.89. The van der Waals surface area contributed by atoms with Gasteiger partial charge in [-0.3, -0.25) is 0 Å². The van der Waals surface area contributed by atoms with Gasteiger partial charge in [0.2, 0.25) is 0 Å². The van der Waals surface area contributed by atoms with Crippen molar-refractivity contribution in [2.75, 3.05) is 6.54 Å². The molecule has 8 heteroatoms.